The topological polar surface area (TPSA) is 69.7 Å². The number of carbonyl (C=O) groups is 3. The molecule has 1 saturated carbocycles. The van der Waals surface area contributed by atoms with Crippen LogP contribution in [-0.2, 0) is 25.5 Å². The van der Waals surface area contributed by atoms with Crippen LogP contribution >= 0.6 is 0 Å². The van der Waals surface area contributed by atoms with E-state index in [1.165, 1.54) is 6.92 Å². The fourth-order valence-electron chi connectivity index (χ4n) is 4.00. The van der Waals surface area contributed by atoms with Crippen molar-refractivity contribution < 1.29 is 23.9 Å². The molecule has 1 fully saturated rings. The zero-order valence-corrected chi connectivity index (χ0v) is 17.3. The summed E-state index contributed by atoms with van der Waals surface area (Å²) in [6, 6.07) is 18.8. The average Bonchev–Trinajstić information content (AvgIpc) is 3.12. The van der Waals surface area contributed by atoms with Crippen LogP contribution in [0.25, 0.3) is 0 Å². The summed E-state index contributed by atoms with van der Waals surface area (Å²) in [6.07, 6.45) is 2.73. The summed E-state index contributed by atoms with van der Waals surface area (Å²) in [6.45, 7) is 1.38. The third-order valence-electron chi connectivity index (χ3n) is 5.52. The van der Waals surface area contributed by atoms with E-state index in [0.717, 1.165) is 12.0 Å². The smallest absolute Gasteiger partial charge is 0.338 e. The molecular formula is C25H28O5. The van der Waals surface area contributed by atoms with Crippen LogP contribution in [0, 0.1) is 5.92 Å². The third kappa shape index (κ3) is 6.55. The van der Waals surface area contributed by atoms with E-state index in [0.29, 0.717) is 37.7 Å². The lowest BCUT2D eigenvalue weighted by Crippen LogP contribution is -2.23. The molecule has 0 saturated heterocycles. The summed E-state index contributed by atoms with van der Waals surface area (Å²) >= 11 is 0. The molecule has 158 valence electrons. The lowest BCUT2D eigenvalue weighted by molar-refractivity contribution is -0.146. The van der Waals surface area contributed by atoms with Crippen molar-refractivity contribution in [2.24, 2.45) is 5.92 Å². The second-order valence-corrected chi connectivity index (χ2v) is 7.84. The molecule has 0 heterocycles. The minimum absolute atomic E-state index is 0.00249. The zero-order valence-electron chi connectivity index (χ0n) is 17.3. The highest BCUT2D eigenvalue weighted by Crippen LogP contribution is 2.35. The van der Waals surface area contributed by atoms with Crippen molar-refractivity contribution in [3.8, 4) is 0 Å². The second kappa shape index (κ2) is 10.7. The van der Waals surface area contributed by atoms with Crippen LogP contribution in [-0.4, -0.2) is 29.9 Å². The van der Waals surface area contributed by atoms with E-state index < -0.39 is 0 Å². The molecule has 0 aliphatic heterocycles. The van der Waals surface area contributed by atoms with Crippen molar-refractivity contribution >= 4 is 17.7 Å². The van der Waals surface area contributed by atoms with Gasteiger partial charge in [-0.15, -0.1) is 0 Å². The Morgan fingerprint density at radius 1 is 0.867 bits per heavy atom. The minimum Gasteiger partial charge on any atom is -0.462 e. The van der Waals surface area contributed by atoms with Crippen molar-refractivity contribution in [1.29, 1.82) is 0 Å². The Morgan fingerprint density at radius 2 is 1.53 bits per heavy atom. The summed E-state index contributed by atoms with van der Waals surface area (Å²) in [5, 5.41) is 0. The maximum atomic E-state index is 12.5. The number of Topliss-reactive ketones (excluding diaryl/α,β-unsaturated/α-hetero) is 1. The molecule has 0 amide bonds. The highest BCUT2D eigenvalue weighted by atomic mass is 16.6. The quantitative estimate of drug-likeness (QED) is 0.570. The monoisotopic (exact) mass is 408 g/mol. The highest BCUT2D eigenvalue weighted by Gasteiger charge is 2.38. The van der Waals surface area contributed by atoms with E-state index in [-0.39, 0.29) is 35.8 Å². The third-order valence-corrected chi connectivity index (χ3v) is 5.52. The Morgan fingerprint density at radius 3 is 2.20 bits per heavy atom. The van der Waals surface area contributed by atoms with Crippen LogP contribution in [0.15, 0.2) is 60.7 Å². The van der Waals surface area contributed by atoms with E-state index in [1.54, 1.807) is 24.3 Å². The maximum absolute atomic E-state index is 12.5. The van der Waals surface area contributed by atoms with E-state index in [9.17, 15) is 14.4 Å². The lowest BCUT2D eigenvalue weighted by atomic mass is 9.96. The molecule has 2 aromatic carbocycles. The van der Waals surface area contributed by atoms with Gasteiger partial charge < -0.3 is 9.47 Å². The zero-order chi connectivity index (χ0) is 21.3. The van der Waals surface area contributed by atoms with E-state index in [1.807, 2.05) is 36.4 Å². The van der Waals surface area contributed by atoms with Crippen molar-refractivity contribution in [3.05, 3.63) is 71.8 Å². The molecule has 30 heavy (non-hydrogen) atoms. The molecule has 1 aliphatic carbocycles. The molecule has 5 nitrogen and oxygen atoms in total. The standard InChI is InChI=1S/C25H28O5/c1-18(26)29-23-16-21(13-15-22(27)14-12-19-8-4-2-5-9-19)24(17-23)30-25(28)20-10-6-3-7-11-20/h2-11,21,23-24H,12-17H2,1H3/t21-,23?,24?/m1/s1. The van der Waals surface area contributed by atoms with Crippen LogP contribution in [0.5, 0.6) is 0 Å². The molecule has 3 atom stereocenters. The molecule has 1 aliphatic rings. The van der Waals surface area contributed by atoms with Gasteiger partial charge in [0.25, 0.3) is 0 Å². The van der Waals surface area contributed by atoms with Crippen LogP contribution in [0.2, 0.25) is 0 Å². The summed E-state index contributed by atoms with van der Waals surface area (Å²) in [4.78, 5) is 36.2. The molecule has 0 aromatic heterocycles. The number of hydrogen-bond acceptors (Lipinski definition) is 5. The van der Waals surface area contributed by atoms with Gasteiger partial charge in [0.15, 0.2) is 0 Å². The summed E-state index contributed by atoms with van der Waals surface area (Å²) in [5.74, 6) is -0.525. The first-order valence-corrected chi connectivity index (χ1v) is 10.5. The fourth-order valence-corrected chi connectivity index (χ4v) is 4.00. The van der Waals surface area contributed by atoms with Gasteiger partial charge in [-0.1, -0.05) is 48.5 Å². The molecule has 2 aromatic rings. The van der Waals surface area contributed by atoms with Crippen LogP contribution < -0.4 is 0 Å². The molecule has 0 spiro atoms. The SMILES string of the molecule is CC(=O)OC1CC(OC(=O)c2ccccc2)[C@H](CCC(=O)CCc2ccccc2)C1. The fraction of sp³-hybridized carbons (Fsp3) is 0.400. The first-order valence-electron chi connectivity index (χ1n) is 10.5. The Balaban J connectivity index is 1.54. The molecule has 2 unspecified atom stereocenters. The average molecular weight is 408 g/mol. The van der Waals surface area contributed by atoms with Gasteiger partial charge in [0.05, 0.1) is 5.56 Å². The van der Waals surface area contributed by atoms with Gasteiger partial charge in [-0.05, 0) is 37.0 Å². The van der Waals surface area contributed by atoms with Crippen LogP contribution in [0.1, 0.15) is 54.9 Å². The van der Waals surface area contributed by atoms with Gasteiger partial charge in [-0.3, -0.25) is 9.59 Å². The Hall–Kier alpha value is -2.95. The highest BCUT2D eigenvalue weighted by molar-refractivity contribution is 5.89. The summed E-state index contributed by atoms with van der Waals surface area (Å²) < 4.78 is 11.1. The number of hydrogen-bond donors (Lipinski definition) is 0. The number of ether oxygens (including phenoxy) is 2. The number of carbonyl (C=O) groups excluding carboxylic acids is 3. The molecule has 3 rings (SSSR count). The predicted molar refractivity (Wildman–Crippen MR) is 113 cm³/mol. The van der Waals surface area contributed by atoms with E-state index >= 15 is 0 Å². The normalized spacial score (nSPS) is 20.5. The van der Waals surface area contributed by atoms with Crippen molar-refractivity contribution in [1.82, 2.24) is 0 Å². The van der Waals surface area contributed by atoms with Gasteiger partial charge >= 0.3 is 11.9 Å². The van der Waals surface area contributed by atoms with Gasteiger partial charge in [-0.2, -0.15) is 0 Å². The molecule has 0 radical (unpaired) electrons. The van der Waals surface area contributed by atoms with Gasteiger partial charge in [0, 0.05) is 32.1 Å². The number of esters is 2. The molecule has 0 N–H and O–H groups in total. The Bertz CT molecular complexity index is 846. The van der Waals surface area contributed by atoms with Crippen molar-refractivity contribution in [3.63, 3.8) is 0 Å². The summed E-state index contributed by atoms with van der Waals surface area (Å²) in [5.41, 5.74) is 1.64. The maximum Gasteiger partial charge on any atom is 0.338 e. The van der Waals surface area contributed by atoms with E-state index in [2.05, 4.69) is 0 Å². The number of aryl methyl sites for hydroxylation is 1. The van der Waals surface area contributed by atoms with Gasteiger partial charge in [-0.25, -0.2) is 4.79 Å². The predicted octanol–water partition coefficient (Wildman–Crippen LogP) is 4.54. The Labute approximate surface area is 177 Å². The van der Waals surface area contributed by atoms with Crippen molar-refractivity contribution in [2.75, 3.05) is 0 Å². The Kier molecular flexibility index (Phi) is 7.77. The van der Waals surface area contributed by atoms with Crippen LogP contribution in [0.4, 0.5) is 0 Å². The largest absolute Gasteiger partial charge is 0.462 e. The van der Waals surface area contributed by atoms with Gasteiger partial charge in [0.2, 0.25) is 0 Å². The van der Waals surface area contributed by atoms with E-state index in [4.69, 9.17) is 9.47 Å². The number of benzene rings is 2. The number of rotatable bonds is 9. The molecular weight excluding hydrogens is 380 g/mol. The molecule has 5 heteroatoms. The van der Waals surface area contributed by atoms with Gasteiger partial charge in [0.1, 0.15) is 18.0 Å². The minimum atomic E-state index is -0.385. The van der Waals surface area contributed by atoms with Crippen LogP contribution in [0.3, 0.4) is 0 Å². The first kappa shape index (κ1) is 21.8. The lowest BCUT2D eigenvalue weighted by Gasteiger charge is -2.19. The molecule has 0 bridgehead atoms. The van der Waals surface area contributed by atoms with Crippen molar-refractivity contribution in [2.45, 2.75) is 57.7 Å². The number of ketones is 1. The second-order valence-electron chi connectivity index (χ2n) is 7.84. The summed E-state index contributed by atoms with van der Waals surface area (Å²) in [7, 11) is 0. The first-order chi connectivity index (χ1) is 14.5.